The smallest absolute Gasteiger partial charge is 0.367 e. The van der Waals surface area contributed by atoms with Gasteiger partial charge in [-0.1, -0.05) is 0 Å². The van der Waals surface area contributed by atoms with Crippen molar-refractivity contribution < 1.29 is 13.2 Å². The lowest BCUT2D eigenvalue weighted by atomic mass is 9.91. The van der Waals surface area contributed by atoms with Crippen molar-refractivity contribution >= 4 is 5.82 Å². The topological polar surface area (TPSA) is 59.8 Å². The van der Waals surface area contributed by atoms with Crippen molar-refractivity contribution in [1.29, 1.82) is 0 Å². The second-order valence-corrected chi connectivity index (χ2v) is 7.39. The Morgan fingerprint density at radius 2 is 1.74 bits per heavy atom. The molecule has 4 rings (SSSR count). The van der Waals surface area contributed by atoms with Crippen molar-refractivity contribution in [2.75, 3.05) is 5.32 Å². The van der Waals surface area contributed by atoms with Crippen molar-refractivity contribution in [3.05, 3.63) is 52.1 Å². The summed E-state index contributed by atoms with van der Waals surface area (Å²) in [6, 6.07) is 6.05. The molecular formula is C19H21F3N4O. The van der Waals surface area contributed by atoms with Crippen molar-refractivity contribution in [3.8, 4) is 0 Å². The van der Waals surface area contributed by atoms with E-state index < -0.39 is 11.7 Å². The molecule has 2 saturated carbocycles. The predicted molar refractivity (Wildman–Crippen MR) is 94.6 cm³/mol. The zero-order valence-electron chi connectivity index (χ0n) is 14.7. The van der Waals surface area contributed by atoms with Crippen LogP contribution in [-0.2, 0) is 6.18 Å². The summed E-state index contributed by atoms with van der Waals surface area (Å²) in [4.78, 5) is 16.1. The van der Waals surface area contributed by atoms with Crippen LogP contribution >= 0.6 is 0 Å². The molecule has 144 valence electrons. The van der Waals surface area contributed by atoms with E-state index >= 15 is 0 Å². The highest BCUT2D eigenvalue weighted by Crippen LogP contribution is 2.39. The highest BCUT2D eigenvalue weighted by molar-refractivity contribution is 5.37. The maximum Gasteiger partial charge on any atom is 0.417 e. The number of pyridine rings is 1. The lowest BCUT2D eigenvalue weighted by Crippen LogP contribution is -2.33. The second-order valence-electron chi connectivity index (χ2n) is 7.39. The third kappa shape index (κ3) is 4.14. The van der Waals surface area contributed by atoms with Gasteiger partial charge in [0.15, 0.2) is 0 Å². The lowest BCUT2D eigenvalue weighted by molar-refractivity contribution is -0.137. The van der Waals surface area contributed by atoms with E-state index in [2.05, 4.69) is 15.4 Å². The van der Waals surface area contributed by atoms with Crippen molar-refractivity contribution in [3.63, 3.8) is 0 Å². The number of halogens is 3. The highest BCUT2D eigenvalue weighted by Gasteiger charge is 2.31. The van der Waals surface area contributed by atoms with Crippen LogP contribution in [0, 0.1) is 0 Å². The molecule has 2 aromatic rings. The predicted octanol–water partition coefficient (Wildman–Crippen LogP) is 4.13. The third-order valence-corrected chi connectivity index (χ3v) is 5.33. The van der Waals surface area contributed by atoms with Crippen LogP contribution in [0.15, 0.2) is 35.3 Å². The summed E-state index contributed by atoms with van der Waals surface area (Å²) in [6.07, 6.45) is 1.99. The zero-order chi connectivity index (χ0) is 19.0. The largest absolute Gasteiger partial charge is 0.417 e. The SMILES string of the molecule is O=c1ccc(C2CC2)nn1C1CCC(Nc2ccc(C(F)(F)F)cn2)CC1. The average Bonchev–Trinajstić information content (AvgIpc) is 3.48. The van der Waals surface area contributed by atoms with E-state index in [1.54, 1.807) is 10.7 Å². The number of hydrogen-bond donors (Lipinski definition) is 1. The fourth-order valence-electron chi connectivity index (χ4n) is 3.62. The van der Waals surface area contributed by atoms with Gasteiger partial charge in [0.2, 0.25) is 0 Å². The van der Waals surface area contributed by atoms with Gasteiger partial charge >= 0.3 is 6.18 Å². The van der Waals surface area contributed by atoms with Crippen molar-refractivity contribution in [1.82, 2.24) is 14.8 Å². The summed E-state index contributed by atoms with van der Waals surface area (Å²) in [5.41, 5.74) is 0.182. The Morgan fingerprint density at radius 1 is 1.00 bits per heavy atom. The van der Waals surface area contributed by atoms with Crippen LogP contribution in [0.3, 0.4) is 0 Å². The Hall–Kier alpha value is -2.38. The Morgan fingerprint density at radius 3 is 2.33 bits per heavy atom. The first-order chi connectivity index (χ1) is 12.9. The average molecular weight is 378 g/mol. The molecule has 0 atom stereocenters. The normalized spacial score (nSPS) is 23.2. The molecule has 2 heterocycles. The Labute approximate surface area is 154 Å². The number of hydrogen-bond acceptors (Lipinski definition) is 4. The van der Waals surface area contributed by atoms with Gasteiger partial charge in [0.1, 0.15) is 5.82 Å². The molecule has 8 heteroatoms. The van der Waals surface area contributed by atoms with Gasteiger partial charge in [-0.05, 0) is 56.7 Å². The fraction of sp³-hybridized carbons (Fsp3) is 0.526. The van der Waals surface area contributed by atoms with E-state index in [0.29, 0.717) is 11.7 Å². The first-order valence-electron chi connectivity index (χ1n) is 9.30. The maximum absolute atomic E-state index is 12.6. The van der Waals surface area contributed by atoms with Crippen LogP contribution in [0.25, 0.3) is 0 Å². The maximum atomic E-state index is 12.6. The molecule has 0 spiro atoms. The Kier molecular flexibility index (Phi) is 4.65. The van der Waals surface area contributed by atoms with E-state index in [1.165, 1.54) is 6.07 Å². The van der Waals surface area contributed by atoms with Crippen LogP contribution in [0.2, 0.25) is 0 Å². The standard InChI is InChI=1S/C19H21F3N4O/c20-19(21,22)13-3-9-17(23-11-13)24-14-4-6-15(7-5-14)26-18(27)10-8-16(25-26)12-1-2-12/h3,8-12,14-15H,1-2,4-7H2,(H,23,24). The summed E-state index contributed by atoms with van der Waals surface area (Å²) in [6.45, 7) is 0. The van der Waals surface area contributed by atoms with Crippen molar-refractivity contribution in [2.24, 2.45) is 0 Å². The molecule has 0 unspecified atom stereocenters. The van der Waals surface area contributed by atoms with E-state index in [4.69, 9.17) is 0 Å². The fourth-order valence-corrected chi connectivity index (χ4v) is 3.62. The summed E-state index contributed by atoms with van der Waals surface area (Å²) < 4.78 is 39.4. The monoisotopic (exact) mass is 378 g/mol. The molecule has 2 aliphatic rings. The minimum absolute atomic E-state index is 0.0692. The molecule has 0 amide bonds. The number of aromatic nitrogens is 3. The number of rotatable bonds is 4. The van der Waals surface area contributed by atoms with Gasteiger partial charge in [-0.25, -0.2) is 9.67 Å². The molecular weight excluding hydrogens is 357 g/mol. The lowest BCUT2D eigenvalue weighted by Gasteiger charge is -2.30. The third-order valence-electron chi connectivity index (χ3n) is 5.33. The zero-order valence-corrected chi connectivity index (χ0v) is 14.7. The quantitative estimate of drug-likeness (QED) is 0.869. The number of nitrogens with one attached hydrogen (secondary N) is 1. The van der Waals surface area contributed by atoms with Crippen LogP contribution in [0.5, 0.6) is 0 Å². The van der Waals surface area contributed by atoms with E-state index in [1.807, 2.05) is 6.07 Å². The second kappa shape index (κ2) is 6.98. The number of alkyl halides is 3. The Bertz CT molecular complexity index is 850. The summed E-state index contributed by atoms with van der Waals surface area (Å²) >= 11 is 0. The van der Waals surface area contributed by atoms with Gasteiger partial charge in [0.05, 0.1) is 17.3 Å². The summed E-state index contributed by atoms with van der Waals surface area (Å²) in [5, 5.41) is 7.76. The van der Waals surface area contributed by atoms with Gasteiger partial charge in [0.25, 0.3) is 5.56 Å². The molecule has 0 saturated heterocycles. The van der Waals surface area contributed by atoms with Gasteiger partial charge in [-0.2, -0.15) is 18.3 Å². The molecule has 0 aromatic carbocycles. The minimum Gasteiger partial charge on any atom is -0.367 e. The molecule has 2 aliphatic carbocycles. The van der Waals surface area contributed by atoms with Crippen molar-refractivity contribution in [2.45, 2.75) is 62.7 Å². The van der Waals surface area contributed by atoms with E-state index in [0.717, 1.165) is 56.5 Å². The molecule has 2 fully saturated rings. The number of nitrogens with zero attached hydrogens (tertiary/aromatic N) is 3. The molecule has 27 heavy (non-hydrogen) atoms. The van der Waals surface area contributed by atoms with Gasteiger partial charge in [-0.15, -0.1) is 0 Å². The van der Waals surface area contributed by atoms with Crippen LogP contribution in [-0.4, -0.2) is 20.8 Å². The molecule has 0 bridgehead atoms. The highest BCUT2D eigenvalue weighted by atomic mass is 19.4. The minimum atomic E-state index is -4.38. The van der Waals surface area contributed by atoms with Gasteiger partial charge in [-0.3, -0.25) is 4.79 Å². The molecule has 1 N–H and O–H groups in total. The molecule has 5 nitrogen and oxygen atoms in total. The molecule has 0 aliphatic heterocycles. The number of anilines is 1. The van der Waals surface area contributed by atoms with Crippen LogP contribution in [0.4, 0.5) is 19.0 Å². The van der Waals surface area contributed by atoms with E-state index in [9.17, 15) is 18.0 Å². The molecule has 2 aromatic heterocycles. The van der Waals surface area contributed by atoms with E-state index in [-0.39, 0.29) is 17.6 Å². The summed E-state index contributed by atoms with van der Waals surface area (Å²) in [5.74, 6) is 0.943. The first-order valence-corrected chi connectivity index (χ1v) is 9.30. The Balaban J connectivity index is 1.36. The van der Waals surface area contributed by atoms with Gasteiger partial charge in [0, 0.05) is 24.2 Å². The van der Waals surface area contributed by atoms with Crippen LogP contribution < -0.4 is 10.9 Å². The first kappa shape index (κ1) is 18.0. The van der Waals surface area contributed by atoms with Crippen LogP contribution in [0.1, 0.15) is 61.7 Å². The van der Waals surface area contributed by atoms with Gasteiger partial charge < -0.3 is 5.32 Å². The summed E-state index contributed by atoms with van der Waals surface area (Å²) in [7, 11) is 0. The molecule has 0 radical (unpaired) electrons.